The van der Waals surface area contributed by atoms with Crippen molar-refractivity contribution in [2.75, 3.05) is 5.32 Å². The lowest BCUT2D eigenvalue weighted by Gasteiger charge is -2.04. The van der Waals surface area contributed by atoms with Gasteiger partial charge in [-0.3, -0.25) is 0 Å². The molecule has 0 unspecified atom stereocenters. The van der Waals surface area contributed by atoms with Crippen LogP contribution < -0.4 is 10.6 Å². The average molecular weight is 279 g/mol. The molecule has 100 valence electrons. The summed E-state index contributed by atoms with van der Waals surface area (Å²) in [6.07, 6.45) is 2.47. The van der Waals surface area contributed by atoms with Crippen molar-refractivity contribution in [2.45, 2.75) is 32.4 Å². The number of halogens is 1. The van der Waals surface area contributed by atoms with Crippen molar-refractivity contribution in [2.24, 2.45) is 0 Å². The molecule has 1 heterocycles. The van der Waals surface area contributed by atoms with Crippen LogP contribution in [0.25, 0.3) is 0 Å². The summed E-state index contributed by atoms with van der Waals surface area (Å²) in [5.41, 5.74) is 1.87. The zero-order valence-electron chi connectivity index (χ0n) is 10.6. The van der Waals surface area contributed by atoms with Crippen molar-refractivity contribution in [3.05, 3.63) is 34.7 Å². The Morgan fingerprint density at radius 2 is 2.21 bits per heavy atom. The number of nitrogens with one attached hydrogen (secondary N) is 2. The molecule has 0 bridgehead atoms. The highest BCUT2D eigenvalue weighted by Crippen LogP contribution is 2.26. The molecule has 0 aliphatic heterocycles. The van der Waals surface area contributed by atoms with Gasteiger partial charge in [0.2, 0.25) is 5.89 Å². The third-order valence-electron chi connectivity index (χ3n) is 2.95. The predicted molar refractivity (Wildman–Crippen MR) is 73.6 cm³/mol. The number of nitrogens with zero attached hydrogens (tertiary/aromatic N) is 2. The molecule has 5 nitrogen and oxygen atoms in total. The van der Waals surface area contributed by atoms with Crippen molar-refractivity contribution in [1.29, 1.82) is 0 Å². The smallest absolute Gasteiger partial charge is 0.320 e. The Bertz CT molecular complexity index is 580. The highest BCUT2D eigenvalue weighted by molar-refractivity contribution is 6.33. The van der Waals surface area contributed by atoms with Gasteiger partial charge in [0.25, 0.3) is 0 Å². The fourth-order valence-electron chi connectivity index (χ4n) is 1.73. The van der Waals surface area contributed by atoms with Crippen LogP contribution in [-0.4, -0.2) is 16.2 Å². The second-order valence-corrected chi connectivity index (χ2v) is 5.17. The Morgan fingerprint density at radius 1 is 1.37 bits per heavy atom. The second-order valence-electron chi connectivity index (χ2n) is 4.76. The number of hydrogen-bond donors (Lipinski definition) is 2. The van der Waals surface area contributed by atoms with Crippen molar-refractivity contribution < 1.29 is 4.42 Å². The summed E-state index contributed by atoms with van der Waals surface area (Å²) in [5.74, 6) is 0.581. The number of benzene rings is 1. The first-order valence-electron chi connectivity index (χ1n) is 6.29. The first-order chi connectivity index (χ1) is 9.20. The number of hydrogen-bond acceptors (Lipinski definition) is 5. The molecule has 6 heteroatoms. The van der Waals surface area contributed by atoms with Gasteiger partial charge in [-0.15, -0.1) is 5.10 Å². The van der Waals surface area contributed by atoms with Gasteiger partial charge in [0.1, 0.15) is 0 Å². The van der Waals surface area contributed by atoms with Gasteiger partial charge in [-0.05, 0) is 37.5 Å². The molecule has 2 N–H and O–H groups in total. The fourth-order valence-corrected chi connectivity index (χ4v) is 2.01. The van der Waals surface area contributed by atoms with E-state index in [1.165, 1.54) is 12.8 Å². The second kappa shape index (κ2) is 5.19. The first-order valence-corrected chi connectivity index (χ1v) is 6.67. The van der Waals surface area contributed by atoms with Crippen molar-refractivity contribution >= 4 is 23.3 Å². The van der Waals surface area contributed by atoms with E-state index in [0.29, 0.717) is 29.5 Å². The van der Waals surface area contributed by atoms with Crippen LogP contribution in [0.2, 0.25) is 5.02 Å². The van der Waals surface area contributed by atoms with Gasteiger partial charge >= 0.3 is 6.01 Å². The molecule has 0 radical (unpaired) electrons. The Morgan fingerprint density at radius 3 is 2.95 bits per heavy atom. The quantitative estimate of drug-likeness (QED) is 0.880. The normalized spacial score (nSPS) is 14.6. The Kier molecular flexibility index (Phi) is 3.40. The van der Waals surface area contributed by atoms with E-state index in [9.17, 15) is 0 Å². The van der Waals surface area contributed by atoms with Gasteiger partial charge in [-0.2, -0.15) is 0 Å². The third-order valence-corrected chi connectivity index (χ3v) is 3.27. The molecule has 0 saturated heterocycles. The molecular formula is C13H15ClN4O. The standard InChI is InChI=1S/C13H15ClN4O/c1-8-2-5-11(10(14)6-8)16-13-18-17-12(19-13)7-15-9-3-4-9/h2,5-6,9,15H,3-4,7H2,1H3,(H,16,18). The monoisotopic (exact) mass is 278 g/mol. The predicted octanol–water partition coefficient (Wildman–Crippen LogP) is 3.03. The molecule has 2 aromatic rings. The van der Waals surface area contributed by atoms with Crippen LogP contribution in [0.15, 0.2) is 22.6 Å². The molecule has 1 aliphatic carbocycles. The minimum Gasteiger partial charge on any atom is -0.406 e. The minimum atomic E-state index is 0.360. The molecule has 3 rings (SSSR count). The van der Waals surface area contributed by atoms with Crippen LogP contribution in [0.4, 0.5) is 11.7 Å². The molecule has 0 atom stereocenters. The van der Waals surface area contributed by atoms with Crippen molar-refractivity contribution in [1.82, 2.24) is 15.5 Å². The number of aryl methyl sites for hydroxylation is 1. The average Bonchev–Trinajstić information content (AvgIpc) is 3.10. The number of anilines is 2. The molecule has 1 aromatic carbocycles. The van der Waals surface area contributed by atoms with E-state index in [-0.39, 0.29) is 0 Å². The molecule has 0 spiro atoms. The van der Waals surface area contributed by atoms with E-state index >= 15 is 0 Å². The highest BCUT2D eigenvalue weighted by Gasteiger charge is 2.21. The van der Waals surface area contributed by atoms with Crippen molar-refractivity contribution in [3.8, 4) is 0 Å². The molecule has 19 heavy (non-hydrogen) atoms. The van der Waals surface area contributed by atoms with Crippen LogP contribution in [0, 0.1) is 6.92 Å². The van der Waals surface area contributed by atoms with Crippen LogP contribution >= 0.6 is 11.6 Å². The van der Waals surface area contributed by atoms with Gasteiger partial charge in [0, 0.05) is 6.04 Å². The summed E-state index contributed by atoms with van der Waals surface area (Å²) < 4.78 is 5.50. The van der Waals surface area contributed by atoms with E-state index in [0.717, 1.165) is 11.3 Å². The van der Waals surface area contributed by atoms with Gasteiger partial charge in [-0.1, -0.05) is 22.8 Å². The molecule has 1 saturated carbocycles. The zero-order chi connectivity index (χ0) is 13.2. The fraction of sp³-hybridized carbons (Fsp3) is 0.385. The maximum Gasteiger partial charge on any atom is 0.320 e. The summed E-state index contributed by atoms with van der Waals surface area (Å²) in [6.45, 7) is 2.60. The van der Waals surface area contributed by atoms with E-state index in [2.05, 4.69) is 20.8 Å². The third kappa shape index (κ3) is 3.24. The van der Waals surface area contributed by atoms with E-state index < -0.39 is 0 Å². The molecule has 1 aliphatic rings. The van der Waals surface area contributed by atoms with Crippen LogP contribution in [-0.2, 0) is 6.54 Å². The summed E-state index contributed by atoms with van der Waals surface area (Å²) in [6, 6.07) is 6.73. The summed E-state index contributed by atoms with van der Waals surface area (Å²) in [5, 5.41) is 14.9. The van der Waals surface area contributed by atoms with Gasteiger partial charge in [0.15, 0.2) is 0 Å². The lowest BCUT2D eigenvalue weighted by Crippen LogP contribution is -2.15. The maximum atomic E-state index is 6.13. The zero-order valence-corrected chi connectivity index (χ0v) is 11.4. The van der Waals surface area contributed by atoms with Gasteiger partial charge in [0.05, 0.1) is 17.3 Å². The summed E-state index contributed by atoms with van der Waals surface area (Å²) >= 11 is 6.13. The van der Waals surface area contributed by atoms with Crippen LogP contribution in [0.5, 0.6) is 0 Å². The lowest BCUT2D eigenvalue weighted by atomic mass is 10.2. The Labute approximate surface area is 116 Å². The topological polar surface area (TPSA) is 63.0 Å². The van der Waals surface area contributed by atoms with Crippen LogP contribution in [0.1, 0.15) is 24.3 Å². The van der Waals surface area contributed by atoms with E-state index in [1.54, 1.807) is 0 Å². The SMILES string of the molecule is Cc1ccc(Nc2nnc(CNC3CC3)o2)c(Cl)c1. The van der Waals surface area contributed by atoms with E-state index in [1.807, 2.05) is 25.1 Å². The Balaban J connectivity index is 1.65. The molecule has 1 aromatic heterocycles. The summed E-state index contributed by atoms with van der Waals surface area (Å²) in [7, 11) is 0. The van der Waals surface area contributed by atoms with Gasteiger partial charge in [-0.25, -0.2) is 0 Å². The van der Waals surface area contributed by atoms with E-state index in [4.69, 9.17) is 16.0 Å². The highest BCUT2D eigenvalue weighted by atomic mass is 35.5. The van der Waals surface area contributed by atoms with Gasteiger partial charge < -0.3 is 15.1 Å². The molecule has 0 amide bonds. The van der Waals surface area contributed by atoms with Crippen LogP contribution in [0.3, 0.4) is 0 Å². The lowest BCUT2D eigenvalue weighted by molar-refractivity contribution is 0.478. The molecular weight excluding hydrogens is 264 g/mol. The van der Waals surface area contributed by atoms with Crippen molar-refractivity contribution in [3.63, 3.8) is 0 Å². The maximum absolute atomic E-state index is 6.13. The largest absolute Gasteiger partial charge is 0.406 e. The number of rotatable bonds is 5. The Hall–Kier alpha value is -1.59. The minimum absolute atomic E-state index is 0.360. The molecule has 1 fully saturated rings. The summed E-state index contributed by atoms with van der Waals surface area (Å²) in [4.78, 5) is 0. The number of aromatic nitrogens is 2. The first kappa shape index (κ1) is 12.4.